The average molecular weight is 412 g/mol. The predicted molar refractivity (Wildman–Crippen MR) is 92.4 cm³/mol. The Morgan fingerprint density at radius 1 is 1.26 bits per heavy atom. The molecule has 5 nitrogen and oxygen atoms in total. The van der Waals surface area contributed by atoms with E-state index in [1.54, 1.807) is 30.5 Å². The fraction of sp³-hybridized carbons (Fsp3) is 0.316. The summed E-state index contributed by atoms with van der Waals surface area (Å²) in [5.41, 5.74) is 7.42. The first-order valence-corrected chi connectivity index (χ1v) is 8.28. The predicted octanol–water partition coefficient (Wildman–Crippen LogP) is -3.74. The summed E-state index contributed by atoms with van der Waals surface area (Å²) < 4.78 is 13.7. The van der Waals surface area contributed by atoms with Crippen LogP contribution in [-0.4, -0.2) is 22.7 Å². The van der Waals surface area contributed by atoms with Gasteiger partial charge in [-0.1, -0.05) is 24.3 Å². The number of Topliss-reactive ketones (excluding diaryl/α,β-unsaturated/α-hetero) is 1. The zero-order chi connectivity index (χ0) is 17.8. The van der Waals surface area contributed by atoms with Crippen molar-refractivity contribution in [2.75, 3.05) is 5.32 Å². The Bertz CT molecular complexity index is 804. The number of carbonyl (C=O) groups is 2. The van der Waals surface area contributed by atoms with Gasteiger partial charge in [0.05, 0.1) is 0 Å². The molecule has 2 atom stereocenters. The van der Waals surface area contributed by atoms with E-state index in [4.69, 9.17) is 5.73 Å². The molecule has 3 N–H and O–H groups in total. The molecule has 0 aliphatic carbocycles. The third kappa shape index (κ3) is 5.99. The van der Waals surface area contributed by atoms with Crippen molar-refractivity contribution in [1.29, 1.82) is 0 Å². The number of aromatic nitrogens is 1. The van der Waals surface area contributed by atoms with Crippen molar-refractivity contribution in [2.24, 2.45) is 11.7 Å². The van der Waals surface area contributed by atoms with Crippen LogP contribution in [0.15, 0.2) is 42.6 Å². The van der Waals surface area contributed by atoms with E-state index in [1.165, 1.54) is 6.07 Å². The van der Waals surface area contributed by atoms with Crippen LogP contribution in [0, 0.1) is 11.7 Å². The van der Waals surface area contributed by atoms with Crippen LogP contribution in [0.3, 0.4) is 0 Å². The maximum Gasteiger partial charge on any atom is 0.229 e. The number of carbonyl (C=O) groups excluding carboxylic acids is 2. The molecule has 0 bridgehead atoms. The number of benzene rings is 1. The molecule has 0 spiro atoms. The van der Waals surface area contributed by atoms with Crippen molar-refractivity contribution in [2.45, 2.75) is 31.7 Å². The Morgan fingerprint density at radius 3 is 2.74 bits per heavy atom. The van der Waals surface area contributed by atoms with E-state index >= 15 is 0 Å². The molecule has 2 aromatic rings. The standard InChI is InChI=1S/C19H20FN3O2.2ClH/c20-17-6-2-1-4-12(17)9-15(21)11-16(24)10-14-8-13-5-3-7-22-18(13)23-19(14)25;;/h1-7,14-15H,8-11,21H2,(H,22,23,25);2*1H/p-2/t14-,15-;;/m1../s1. The van der Waals surface area contributed by atoms with Crippen molar-refractivity contribution in [3.8, 4) is 0 Å². The molecule has 8 heteroatoms. The molecule has 1 aromatic heterocycles. The van der Waals surface area contributed by atoms with Crippen LogP contribution in [0.1, 0.15) is 24.0 Å². The van der Waals surface area contributed by atoms with Crippen LogP contribution in [0.5, 0.6) is 0 Å². The molecule has 3 rings (SSSR count). The van der Waals surface area contributed by atoms with E-state index in [2.05, 4.69) is 10.3 Å². The van der Waals surface area contributed by atoms with Gasteiger partial charge in [-0.3, -0.25) is 9.59 Å². The van der Waals surface area contributed by atoms with Crippen molar-refractivity contribution in [1.82, 2.24) is 4.98 Å². The highest BCUT2D eigenvalue weighted by Crippen LogP contribution is 2.25. The summed E-state index contributed by atoms with van der Waals surface area (Å²) in [4.78, 5) is 28.5. The number of nitrogens with zero attached hydrogens (tertiary/aromatic N) is 1. The van der Waals surface area contributed by atoms with Crippen LogP contribution >= 0.6 is 0 Å². The second kappa shape index (κ2) is 10.3. The molecule has 146 valence electrons. The van der Waals surface area contributed by atoms with Gasteiger partial charge in [-0.2, -0.15) is 0 Å². The van der Waals surface area contributed by atoms with E-state index in [0.717, 1.165) is 5.56 Å². The van der Waals surface area contributed by atoms with Gasteiger partial charge in [0, 0.05) is 31.0 Å². The number of fused-ring (bicyclic) bond motifs is 1. The fourth-order valence-corrected chi connectivity index (χ4v) is 3.13. The SMILES string of the molecule is N[C@@H](CC(=O)C[C@H]1Cc2cccnc2NC1=O)Cc1ccccc1F.[Cl-].[Cl-]. The molecule has 1 aliphatic rings. The van der Waals surface area contributed by atoms with E-state index in [1.807, 2.05) is 6.07 Å². The molecular weight excluding hydrogens is 392 g/mol. The van der Waals surface area contributed by atoms with Gasteiger partial charge < -0.3 is 35.9 Å². The van der Waals surface area contributed by atoms with Gasteiger partial charge in [0.15, 0.2) is 0 Å². The minimum absolute atomic E-state index is 0. The summed E-state index contributed by atoms with van der Waals surface area (Å²) in [7, 11) is 0. The number of amides is 1. The highest BCUT2D eigenvalue weighted by Gasteiger charge is 2.29. The molecule has 1 aromatic carbocycles. The molecule has 0 unspecified atom stereocenters. The molecule has 0 saturated carbocycles. The summed E-state index contributed by atoms with van der Waals surface area (Å²) in [5, 5.41) is 2.73. The first-order chi connectivity index (χ1) is 12.0. The smallest absolute Gasteiger partial charge is 0.229 e. The summed E-state index contributed by atoms with van der Waals surface area (Å²) >= 11 is 0. The molecule has 1 amide bonds. The van der Waals surface area contributed by atoms with E-state index in [-0.39, 0.29) is 55.2 Å². The first-order valence-electron chi connectivity index (χ1n) is 8.28. The van der Waals surface area contributed by atoms with E-state index < -0.39 is 12.0 Å². The molecule has 0 radical (unpaired) electrons. The number of ketones is 1. The lowest BCUT2D eigenvalue weighted by Crippen LogP contribution is -3.00. The number of hydrogen-bond acceptors (Lipinski definition) is 4. The minimum atomic E-state index is -0.468. The number of rotatable bonds is 6. The van der Waals surface area contributed by atoms with Gasteiger partial charge >= 0.3 is 0 Å². The molecule has 27 heavy (non-hydrogen) atoms. The Balaban J connectivity index is 0.00000182. The summed E-state index contributed by atoms with van der Waals surface area (Å²) in [6, 6.07) is 9.63. The quantitative estimate of drug-likeness (QED) is 0.511. The number of nitrogens with two attached hydrogens (primary N) is 1. The fourth-order valence-electron chi connectivity index (χ4n) is 3.13. The van der Waals surface area contributed by atoms with Gasteiger partial charge in [-0.05, 0) is 36.1 Å². The second-order valence-corrected chi connectivity index (χ2v) is 6.40. The van der Waals surface area contributed by atoms with Crippen LogP contribution in [0.4, 0.5) is 10.2 Å². The Labute approximate surface area is 169 Å². The van der Waals surface area contributed by atoms with Crippen molar-refractivity contribution in [3.63, 3.8) is 0 Å². The van der Waals surface area contributed by atoms with Crippen molar-refractivity contribution < 1.29 is 38.8 Å². The topological polar surface area (TPSA) is 85.1 Å². The van der Waals surface area contributed by atoms with Crippen molar-refractivity contribution >= 4 is 17.5 Å². The summed E-state index contributed by atoms with van der Waals surface area (Å²) in [6.45, 7) is 0. The lowest BCUT2D eigenvalue weighted by Gasteiger charge is -2.23. The monoisotopic (exact) mass is 411 g/mol. The van der Waals surface area contributed by atoms with Crippen LogP contribution in [0.25, 0.3) is 0 Å². The molecule has 0 fully saturated rings. The molecule has 1 aliphatic heterocycles. The Hall–Kier alpha value is -2.02. The van der Waals surface area contributed by atoms with Gasteiger partial charge in [0.1, 0.15) is 17.4 Å². The van der Waals surface area contributed by atoms with Crippen molar-refractivity contribution in [3.05, 3.63) is 59.5 Å². The second-order valence-electron chi connectivity index (χ2n) is 6.40. The van der Waals surface area contributed by atoms with Crippen LogP contribution in [-0.2, 0) is 22.4 Å². The largest absolute Gasteiger partial charge is 1.00 e. The zero-order valence-corrected chi connectivity index (χ0v) is 16.0. The van der Waals surface area contributed by atoms with Crippen LogP contribution in [0.2, 0.25) is 0 Å². The van der Waals surface area contributed by atoms with E-state index in [0.29, 0.717) is 24.2 Å². The summed E-state index contributed by atoms with van der Waals surface area (Å²) in [5.74, 6) is -0.447. The number of hydrogen-bond donors (Lipinski definition) is 2. The Morgan fingerprint density at radius 2 is 2.00 bits per heavy atom. The lowest BCUT2D eigenvalue weighted by atomic mass is 9.89. The lowest BCUT2D eigenvalue weighted by molar-refractivity contribution is -0.126. The van der Waals surface area contributed by atoms with Gasteiger partial charge in [0.25, 0.3) is 0 Å². The number of anilines is 1. The Kier molecular flexibility index (Phi) is 8.82. The van der Waals surface area contributed by atoms with Gasteiger partial charge in [0.2, 0.25) is 5.91 Å². The average Bonchev–Trinajstić information content (AvgIpc) is 2.57. The zero-order valence-electron chi connectivity index (χ0n) is 14.5. The normalized spacial score (nSPS) is 16.2. The number of nitrogens with one attached hydrogen (secondary N) is 1. The highest BCUT2D eigenvalue weighted by atomic mass is 35.5. The maximum absolute atomic E-state index is 13.7. The molecular formula is C19H20Cl2FN3O2-2. The molecule has 2 heterocycles. The van der Waals surface area contributed by atoms with E-state index in [9.17, 15) is 14.0 Å². The third-order valence-electron chi connectivity index (χ3n) is 4.37. The number of pyridine rings is 1. The third-order valence-corrected chi connectivity index (χ3v) is 4.37. The van der Waals surface area contributed by atoms with Gasteiger partial charge in [-0.15, -0.1) is 0 Å². The van der Waals surface area contributed by atoms with Gasteiger partial charge in [-0.25, -0.2) is 9.37 Å². The number of halogens is 3. The summed E-state index contributed by atoms with van der Waals surface area (Å²) in [6.07, 6.45) is 2.65. The molecule has 0 saturated heterocycles. The first kappa shape index (κ1) is 23.0. The maximum atomic E-state index is 13.7. The van der Waals surface area contributed by atoms with Crippen LogP contribution < -0.4 is 35.9 Å². The minimum Gasteiger partial charge on any atom is -1.00 e. The highest BCUT2D eigenvalue weighted by molar-refractivity contribution is 5.97.